The molecule has 0 bridgehead atoms. The van der Waals surface area contributed by atoms with Crippen molar-refractivity contribution in [2.24, 2.45) is 0 Å². The van der Waals surface area contributed by atoms with Gasteiger partial charge in [0.2, 0.25) is 6.79 Å². The van der Waals surface area contributed by atoms with Crippen molar-refractivity contribution in [3.05, 3.63) is 53.6 Å². The van der Waals surface area contributed by atoms with Gasteiger partial charge in [-0.05, 0) is 69.0 Å². The summed E-state index contributed by atoms with van der Waals surface area (Å²) in [5.41, 5.74) is 4.03. The lowest BCUT2D eigenvalue weighted by molar-refractivity contribution is -0.0361. The number of carbonyl (C=O) groups is 1. The van der Waals surface area contributed by atoms with Gasteiger partial charge in [0, 0.05) is 0 Å². The van der Waals surface area contributed by atoms with Crippen molar-refractivity contribution in [3.8, 4) is 16.9 Å². The molecule has 0 spiro atoms. The van der Waals surface area contributed by atoms with Crippen LogP contribution >= 0.6 is 0 Å². The molecular formula is C20H24O4. The Bertz CT molecular complexity index is 714. The van der Waals surface area contributed by atoms with Gasteiger partial charge in [-0.1, -0.05) is 30.3 Å². The van der Waals surface area contributed by atoms with Crippen LogP contribution in [-0.4, -0.2) is 18.5 Å². The van der Waals surface area contributed by atoms with Crippen molar-refractivity contribution in [1.29, 1.82) is 0 Å². The molecule has 0 fully saturated rings. The molecule has 2 rings (SSSR count). The van der Waals surface area contributed by atoms with Gasteiger partial charge in [0.15, 0.2) is 0 Å². The quantitative estimate of drug-likeness (QED) is 0.567. The molecule has 4 nitrogen and oxygen atoms in total. The Morgan fingerprint density at radius 2 is 1.62 bits per heavy atom. The minimum atomic E-state index is -0.742. The lowest BCUT2D eigenvalue weighted by Gasteiger charge is -2.19. The SMILES string of the molecule is Cc1ccccc1-c1cc(OCOC(=O)OC(C)(C)C)ccc1C. The van der Waals surface area contributed by atoms with Crippen molar-refractivity contribution in [2.75, 3.05) is 6.79 Å². The Hall–Kier alpha value is -2.49. The maximum atomic E-state index is 11.5. The van der Waals surface area contributed by atoms with Gasteiger partial charge in [-0.3, -0.25) is 0 Å². The summed E-state index contributed by atoms with van der Waals surface area (Å²) in [6, 6.07) is 14.0. The minimum absolute atomic E-state index is 0.189. The molecule has 0 aromatic heterocycles. The lowest BCUT2D eigenvalue weighted by atomic mass is 9.96. The average Bonchev–Trinajstić information content (AvgIpc) is 2.48. The zero-order chi connectivity index (χ0) is 17.7. The molecule has 0 amide bonds. The van der Waals surface area contributed by atoms with Crippen LogP contribution in [0.25, 0.3) is 11.1 Å². The summed E-state index contributed by atoms with van der Waals surface area (Å²) in [6.07, 6.45) is -0.742. The van der Waals surface area contributed by atoms with E-state index in [0.717, 1.165) is 16.7 Å². The summed E-state index contributed by atoms with van der Waals surface area (Å²) in [7, 11) is 0. The zero-order valence-electron chi connectivity index (χ0n) is 14.9. The summed E-state index contributed by atoms with van der Waals surface area (Å²) >= 11 is 0. The fraction of sp³-hybridized carbons (Fsp3) is 0.350. The van der Waals surface area contributed by atoms with Crippen LogP contribution in [0.2, 0.25) is 0 Å². The first-order valence-corrected chi connectivity index (χ1v) is 7.91. The van der Waals surface area contributed by atoms with Gasteiger partial charge in [0.1, 0.15) is 11.4 Å². The monoisotopic (exact) mass is 328 g/mol. The first-order chi connectivity index (χ1) is 11.3. The molecular weight excluding hydrogens is 304 g/mol. The van der Waals surface area contributed by atoms with Gasteiger partial charge in [-0.25, -0.2) is 4.79 Å². The standard InChI is InChI=1S/C20H24O4/c1-14-8-6-7-9-17(14)18-12-16(11-10-15(18)2)22-13-23-19(21)24-20(3,4)5/h6-12H,13H2,1-5H3. The molecule has 0 heterocycles. The third kappa shape index (κ3) is 5.01. The highest BCUT2D eigenvalue weighted by Crippen LogP contribution is 2.30. The number of hydrogen-bond donors (Lipinski definition) is 0. The van der Waals surface area contributed by atoms with Crippen molar-refractivity contribution in [2.45, 2.75) is 40.2 Å². The summed E-state index contributed by atoms with van der Waals surface area (Å²) < 4.78 is 15.5. The molecule has 2 aromatic rings. The van der Waals surface area contributed by atoms with E-state index >= 15 is 0 Å². The van der Waals surface area contributed by atoms with E-state index < -0.39 is 11.8 Å². The van der Waals surface area contributed by atoms with Gasteiger partial charge in [-0.15, -0.1) is 0 Å². The summed E-state index contributed by atoms with van der Waals surface area (Å²) in [4.78, 5) is 11.5. The van der Waals surface area contributed by atoms with Crippen LogP contribution in [0.5, 0.6) is 5.75 Å². The molecule has 0 aliphatic rings. The molecule has 0 aliphatic carbocycles. The Labute approximate surface area is 143 Å². The molecule has 0 saturated carbocycles. The van der Waals surface area contributed by atoms with E-state index in [9.17, 15) is 4.79 Å². The number of benzene rings is 2. The smallest absolute Gasteiger partial charge is 0.457 e. The number of aryl methyl sites for hydroxylation is 2. The third-order valence-corrected chi connectivity index (χ3v) is 3.44. The average molecular weight is 328 g/mol. The number of ether oxygens (including phenoxy) is 3. The summed E-state index contributed by atoms with van der Waals surface area (Å²) in [5, 5.41) is 0. The summed E-state index contributed by atoms with van der Waals surface area (Å²) in [6.45, 7) is 9.29. The Morgan fingerprint density at radius 3 is 2.29 bits per heavy atom. The van der Waals surface area contributed by atoms with E-state index in [2.05, 4.69) is 26.0 Å². The highest BCUT2D eigenvalue weighted by Gasteiger charge is 2.17. The zero-order valence-corrected chi connectivity index (χ0v) is 14.9. The Kier molecular flexibility index (Phi) is 5.50. The second-order valence-electron chi connectivity index (χ2n) is 6.66. The molecule has 0 aliphatic heterocycles. The van der Waals surface area contributed by atoms with Gasteiger partial charge >= 0.3 is 6.16 Å². The highest BCUT2D eigenvalue weighted by molar-refractivity contribution is 5.71. The molecule has 0 saturated heterocycles. The number of rotatable bonds is 4. The van der Waals surface area contributed by atoms with Crippen LogP contribution in [0.1, 0.15) is 31.9 Å². The minimum Gasteiger partial charge on any atom is -0.457 e. The van der Waals surface area contributed by atoms with E-state index in [1.807, 2.05) is 30.3 Å². The van der Waals surface area contributed by atoms with Crippen LogP contribution in [0.4, 0.5) is 4.79 Å². The van der Waals surface area contributed by atoms with Crippen molar-refractivity contribution in [3.63, 3.8) is 0 Å². The fourth-order valence-electron chi connectivity index (χ4n) is 2.28. The van der Waals surface area contributed by atoms with Crippen LogP contribution in [0, 0.1) is 13.8 Å². The Morgan fingerprint density at radius 1 is 0.958 bits per heavy atom. The van der Waals surface area contributed by atoms with Gasteiger partial charge in [-0.2, -0.15) is 0 Å². The van der Waals surface area contributed by atoms with E-state index in [0.29, 0.717) is 5.75 Å². The lowest BCUT2D eigenvalue weighted by Crippen LogP contribution is -2.25. The van der Waals surface area contributed by atoms with Gasteiger partial charge < -0.3 is 14.2 Å². The number of hydrogen-bond acceptors (Lipinski definition) is 4. The Balaban J connectivity index is 2.04. The third-order valence-electron chi connectivity index (χ3n) is 3.44. The molecule has 0 radical (unpaired) electrons. The molecule has 0 N–H and O–H groups in total. The number of carbonyl (C=O) groups excluding carboxylic acids is 1. The van der Waals surface area contributed by atoms with Gasteiger partial charge in [0.25, 0.3) is 0 Å². The molecule has 128 valence electrons. The maximum absolute atomic E-state index is 11.5. The maximum Gasteiger partial charge on any atom is 0.511 e. The largest absolute Gasteiger partial charge is 0.511 e. The predicted molar refractivity (Wildman–Crippen MR) is 94.2 cm³/mol. The van der Waals surface area contributed by atoms with E-state index in [4.69, 9.17) is 14.2 Å². The molecule has 24 heavy (non-hydrogen) atoms. The molecule has 0 atom stereocenters. The predicted octanol–water partition coefficient (Wildman–Crippen LogP) is 5.26. The first-order valence-electron chi connectivity index (χ1n) is 7.91. The van der Waals surface area contributed by atoms with Crippen molar-refractivity contribution < 1.29 is 19.0 Å². The fourth-order valence-corrected chi connectivity index (χ4v) is 2.28. The van der Waals surface area contributed by atoms with E-state index in [1.165, 1.54) is 5.56 Å². The van der Waals surface area contributed by atoms with Gasteiger partial charge in [0.05, 0.1) is 0 Å². The second kappa shape index (κ2) is 7.39. The van der Waals surface area contributed by atoms with E-state index in [1.54, 1.807) is 20.8 Å². The second-order valence-corrected chi connectivity index (χ2v) is 6.66. The van der Waals surface area contributed by atoms with Crippen LogP contribution < -0.4 is 4.74 Å². The van der Waals surface area contributed by atoms with Crippen molar-refractivity contribution in [1.82, 2.24) is 0 Å². The highest BCUT2D eigenvalue weighted by atomic mass is 16.8. The first kappa shape index (κ1) is 17.9. The normalized spacial score (nSPS) is 11.0. The molecule has 4 heteroatoms. The molecule has 0 unspecified atom stereocenters. The van der Waals surface area contributed by atoms with Crippen LogP contribution in [-0.2, 0) is 9.47 Å². The van der Waals surface area contributed by atoms with Crippen LogP contribution in [0.3, 0.4) is 0 Å². The van der Waals surface area contributed by atoms with Crippen molar-refractivity contribution >= 4 is 6.16 Å². The topological polar surface area (TPSA) is 44.8 Å². The van der Waals surface area contributed by atoms with Crippen LogP contribution in [0.15, 0.2) is 42.5 Å². The van der Waals surface area contributed by atoms with E-state index in [-0.39, 0.29) is 6.79 Å². The summed E-state index contributed by atoms with van der Waals surface area (Å²) in [5.74, 6) is 0.641. The molecule has 2 aromatic carbocycles.